The van der Waals surface area contributed by atoms with Crippen molar-refractivity contribution in [3.63, 3.8) is 0 Å². The lowest BCUT2D eigenvalue weighted by molar-refractivity contribution is 1.17. The Bertz CT molecular complexity index is 276. The van der Waals surface area contributed by atoms with Gasteiger partial charge in [0.15, 0.2) is 0 Å². The van der Waals surface area contributed by atoms with E-state index in [1.807, 2.05) is 0 Å². The second kappa shape index (κ2) is 5.98. The molecule has 13 heavy (non-hydrogen) atoms. The summed E-state index contributed by atoms with van der Waals surface area (Å²) in [7, 11) is 0. The van der Waals surface area contributed by atoms with Crippen molar-refractivity contribution in [2.24, 2.45) is 0 Å². The summed E-state index contributed by atoms with van der Waals surface area (Å²) in [5.41, 5.74) is 2.80. The highest BCUT2D eigenvalue weighted by Crippen LogP contribution is 2.08. The zero-order chi connectivity index (χ0) is 9.52. The number of rotatable bonds is 4. The van der Waals surface area contributed by atoms with E-state index in [9.17, 15) is 0 Å². The Morgan fingerprint density at radius 2 is 2.00 bits per heavy atom. The molecule has 0 N–H and O–H groups in total. The average Bonchev–Trinajstić information content (AvgIpc) is 2.15. The molecule has 0 aliphatic carbocycles. The number of benzene rings is 1. The van der Waals surface area contributed by atoms with E-state index in [2.05, 4.69) is 59.3 Å². The molecule has 1 aromatic carbocycles. The molecule has 0 saturated heterocycles. The number of hydrogen-bond donors (Lipinski definition) is 0. The predicted molar refractivity (Wildman–Crippen MR) is 62.4 cm³/mol. The van der Waals surface area contributed by atoms with E-state index in [0.29, 0.717) is 0 Å². The van der Waals surface area contributed by atoms with Gasteiger partial charge in [0.2, 0.25) is 0 Å². The van der Waals surface area contributed by atoms with Gasteiger partial charge in [-0.25, -0.2) is 0 Å². The van der Waals surface area contributed by atoms with Crippen molar-refractivity contribution < 1.29 is 0 Å². The first-order valence-electron chi connectivity index (χ1n) is 4.60. The molecule has 0 saturated carbocycles. The summed E-state index contributed by atoms with van der Waals surface area (Å²) < 4.78 is 0. The van der Waals surface area contributed by atoms with E-state index in [1.54, 1.807) is 0 Å². The summed E-state index contributed by atoms with van der Waals surface area (Å²) in [6.45, 7) is 2.16. The maximum atomic E-state index is 3.40. The molecule has 0 amide bonds. The summed E-state index contributed by atoms with van der Waals surface area (Å²) in [6.07, 6.45) is 6.64. The number of halogens is 1. The average molecular weight is 239 g/mol. The molecular weight excluding hydrogens is 224 g/mol. The maximum Gasteiger partial charge on any atom is 0.00659 e. The van der Waals surface area contributed by atoms with Crippen LogP contribution in [-0.2, 0) is 6.42 Å². The van der Waals surface area contributed by atoms with Gasteiger partial charge in [-0.1, -0.05) is 52.3 Å². The third kappa shape index (κ3) is 3.77. The molecule has 0 bridgehead atoms. The van der Waals surface area contributed by atoms with Crippen LogP contribution in [0.1, 0.15) is 17.5 Å². The minimum atomic E-state index is 1.05. The van der Waals surface area contributed by atoms with Crippen LogP contribution in [0.5, 0.6) is 0 Å². The van der Waals surface area contributed by atoms with E-state index in [-0.39, 0.29) is 0 Å². The zero-order valence-corrected chi connectivity index (χ0v) is 9.55. The summed E-state index contributed by atoms with van der Waals surface area (Å²) in [6, 6.07) is 8.53. The fourth-order valence-corrected chi connectivity index (χ4v) is 1.49. The third-order valence-corrected chi connectivity index (χ3v) is 2.50. The fraction of sp³-hybridized carbons (Fsp3) is 0.333. The Kier molecular flexibility index (Phi) is 4.84. The van der Waals surface area contributed by atoms with Crippen LogP contribution in [0.25, 0.3) is 0 Å². The van der Waals surface area contributed by atoms with E-state index in [1.165, 1.54) is 11.1 Å². The Hall–Kier alpha value is -0.560. The molecular formula is C12H15Br. The van der Waals surface area contributed by atoms with Gasteiger partial charge in [-0.2, -0.15) is 0 Å². The van der Waals surface area contributed by atoms with Crippen molar-refractivity contribution in [2.75, 3.05) is 5.33 Å². The lowest BCUT2D eigenvalue weighted by Gasteiger charge is -2.00. The Balaban J connectivity index is 2.49. The van der Waals surface area contributed by atoms with Crippen molar-refractivity contribution in [3.05, 3.63) is 47.5 Å². The standard InChI is InChI=1S/C12H15Br/c1-11-7-4-5-9-12(11)8-3-2-6-10-13/h2-5,7,9H,6,8,10H2,1H3. The van der Waals surface area contributed by atoms with Gasteiger partial charge in [0.05, 0.1) is 0 Å². The second-order valence-electron chi connectivity index (χ2n) is 3.08. The molecule has 0 aliphatic heterocycles. The Morgan fingerprint density at radius 3 is 2.69 bits per heavy atom. The third-order valence-electron chi connectivity index (χ3n) is 2.04. The van der Waals surface area contributed by atoms with Gasteiger partial charge in [0, 0.05) is 5.33 Å². The summed E-state index contributed by atoms with van der Waals surface area (Å²) >= 11 is 3.40. The van der Waals surface area contributed by atoms with Crippen LogP contribution in [-0.4, -0.2) is 5.33 Å². The molecule has 0 aliphatic rings. The van der Waals surface area contributed by atoms with Gasteiger partial charge in [-0.05, 0) is 30.9 Å². The van der Waals surface area contributed by atoms with Crippen LogP contribution >= 0.6 is 15.9 Å². The van der Waals surface area contributed by atoms with Crippen LogP contribution in [0.4, 0.5) is 0 Å². The van der Waals surface area contributed by atoms with Gasteiger partial charge >= 0.3 is 0 Å². The van der Waals surface area contributed by atoms with E-state index >= 15 is 0 Å². The molecule has 0 fully saturated rings. The van der Waals surface area contributed by atoms with Gasteiger partial charge in [-0.3, -0.25) is 0 Å². The molecule has 70 valence electrons. The molecule has 1 heteroatoms. The second-order valence-corrected chi connectivity index (χ2v) is 3.87. The molecule has 1 rings (SSSR count). The quantitative estimate of drug-likeness (QED) is 0.552. The summed E-state index contributed by atoms with van der Waals surface area (Å²) in [5, 5.41) is 1.05. The van der Waals surface area contributed by atoms with Crippen LogP contribution in [0.2, 0.25) is 0 Å². The van der Waals surface area contributed by atoms with Crippen molar-refractivity contribution in [2.45, 2.75) is 19.8 Å². The van der Waals surface area contributed by atoms with E-state index < -0.39 is 0 Å². The Morgan fingerprint density at radius 1 is 1.23 bits per heavy atom. The maximum absolute atomic E-state index is 3.40. The highest BCUT2D eigenvalue weighted by molar-refractivity contribution is 9.09. The Labute approximate surface area is 88.8 Å². The van der Waals surface area contributed by atoms with Crippen molar-refractivity contribution >= 4 is 15.9 Å². The van der Waals surface area contributed by atoms with Gasteiger partial charge in [-0.15, -0.1) is 0 Å². The molecule has 0 heterocycles. The van der Waals surface area contributed by atoms with Crippen molar-refractivity contribution in [1.29, 1.82) is 0 Å². The summed E-state index contributed by atoms with van der Waals surface area (Å²) in [4.78, 5) is 0. The molecule has 0 aromatic heterocycles. The molecule has 0 unspecified atom stereocenters. The van der Waals surface area contributed by atoms with Crippen LogP contribution in [0, 0.1) is 6.92 Å². The smallest absolute Gasteiger partial charge is 0.00659 e. The number of aryl methyl sites for hydroxylation is 1. The monoisotopic (exact) mass is 238 g/mol. The number of hydrogen-bond acceptors (Lipinski definition) is 0. The predicted octanol–water partition coefficient (Wildman–Crippen LogP) is 3.88. The SMILES string of the molecule is Cc1ccccc1CC=CCCBr. The summed E-state index contributed by atoms with van der Waals surface area (Å²) in [5.74, 6) is 0. The first-order chi connectivity index (χ1) is 6.34. The highest BCUT2D eigenvalue weighted by Gasteiger charge is 1.92. The lowest BCUT2D eigenvalue weighted by atomic mass is 10.1. The van der Waals surface area contributed by atoms with Crippen LogP contribution in [0.15, 0.2) is 36.4 Å². The minimum absolute atomic E-state index is 1.05. The minimum Gasteiger partial charge on any atom is -0.0925 e. The van der Waals surface area contributed by atoms with Gasteiger partial charge in [0.25, 0.3) is 0 Å². The molecule has 0 radical (unpaired) electrons. The fourth-order valence-electron chi connectivity index (χ4n) is 1.23. The van der Waals surface area contributed by atoms with Gasteiger partial charge < -0.3 is 0 Å². The van der Waals surface area contributed by atoms with Crippen molar-refractivity contribution in [3.8, 4) is 0 Å². The highest BCUT2D eigenvalue weighted by atomic mass is 79.9. The van der Waals surface area contributed by atoms with Crippen LogP contribution < -0.4 is 0 Å². The molecule has 1 aromatic rings. The first kappa shape index (κ1) is 10.5. The lowest BCUT2D eigenvalue weighted by Crippen LogP contribution is -1.85. The van der Waals surface area contributed by atoms with E-state index in [4.69, 9.17) is 0 Å². The molecule has 0 nitrogen and oxygen atoms in total. The normalized spacial score (nSPS) is 10.9. The molecule has 0 spiro atoms. The van der Waals surface area contributed by atoms with Crippen LogP contribution in [0.3, 0.4) is 0 Å². The zero-order valence-electron chi connectivity index (χ0n) is 7.96. The van der Waals surface area contributed by atoms with E-state index in [0.717, 1.165) is 18.2 Å². The molecule has 0 atom stereocenters. The largest absolute Gasteiger partial charge is 0.0925 e. The topological polar surface area (TPSA) is 0 Å². The first-order valence-corrected chi connectivity index (χ1v) is 5.72. The number of alkyl halides is 1. The van der Waals surface area contributed by atoms with Crippen molar-refractivity contribution in [1.82, 2.24) is 0 Å². The number of allylic oxidation sites excluding steroid dienone is 2. The van der Waals surface area contributed by atoms with Gasteiger partial charge in [0.1, 0.15) is 0 Å².